The van der Waals surface area contributed by atoms with Crippen molar-refractivity contribution in [1.82, 2.24) is 0 Å². The normalized spacial score (nSPS) is 23.2. The number of phosphoric ester groups is 1. The number of rotatable bonds is 4. The summed E-state index contributed by atoms with van der Waals surface area (Å²) >= 11 is 0. The van der Waals surface area contributed by atoms with Crippen LogP contribution in [0.5, 0.6) is 0 Å². The molecule has 92 valence electrons. The Morgan fingerprint density at radius 3 is 2.50 bits per heavy atom. The summed E-state index contributed by atoms with van der Waals surface area (Å²) in [7, 11) is -5.02. The van der Waals surface area contributed by atoms with E-state index in [2.05, 4.69) is 9.26 Å². The minimum Gasteiger partial charge on any atom is -0.478 e. The zero-order valence-corrected chi connectivity index (χ0v) is 8.57. The predicted octanol–water partition coefficient (Wildman–Crippen LogP) is -1.86. The van der Waals surface area contributed by atoms with E-state index in [4.69, 9.17) is 25.1 Å². The predicted molar refractivity (Wildman–Crippen MR) is 45.8 cm³/mol. The van der Waals surface area contributed by atoms with Crippen LogP contribution in [0.1, 0.15) is 0 Å². The highest BCUT2D eigenvalue weighted by atomic mass is 31.2. The number of Topliss-reactive ketones (excluding diaryl/α,β-unsaturated/α-hetero) is 1. The highest BCUT2D eigenvalue weighted by molar-refractivity contribution is 7.46. The Balaban J connectivity index is 2.84. The number of carbonyl (C=O) groups is 1. The van der Waals surface area contributed by atoms with Gasteiger partial charge in [0.25, 0.3) is 5.76 Å². The molecule has 10 heteroatoms. The maximum absolute atomic E-state index is 11.3. The summed E-state index contributed by atoms with van der Waals surface area (Å²) in [5.41, 5.74) is 0. The largest absolute Gasteiger partial charge is 0.525 e. The Morgan fingerprint density at radius 1 is 1.50 bits per heavy atom. The molecule has 1 rings (SSSR count). The Hall–Kier alpha value is -1.12. The number of hydrogen-bond acceptors (Lipinski definition) is 7. The lowest BCUT2D eigenvalue weighted by molar-refractivity contribution is -0.131. The molecule has 9 nitrogen and oxygen atoms in total. The van der Waals surface area contributed by atoms with Crippen molar-refractivity contribution in [2.75, 3.05) is 6.61 Å². The van der Waals surface area contributed by atoms with E-state index in [1.807, 2.05) is 0 Å². The summed E-state index contributed by atoms with van der Waals surface area (Å²) in [6.07, 6.45) is -3.28. The third-order valence-corrected chi connectivity index (χ3v) is 2.08. The van der Waals surface area contributed by atoms with Crippen LogP contribution in [0.25, 0.3) is 0 Å². The lowest BCUT2D eigenvalue weighted by Gasteiger charge is -2.13. The van der Waals surface area contributed by atoms with E-state index in [9.17, 15) is 9.36 Å². The highest BCUT2D eigenvalue weighted by Gasteiger charge is 2.43. The average Bonchev–Trinajstić information content (AvgIpc) is 2.42. The zero-order valence-electron chi connectivity index (χ0n) is 7.68. The molecule has 0 fully saturated rings. The molecule has 0 saturated heterocycles. The molecular formula is C6H9O9P. The van der Waals surface area contributed by atoms with Gasteiger partial charge >= 0.3 is 13.8 Å². The lowest BCUT2D eigenvalue weighted by atomic mass is 10.1. The maximum Gasteiger partial charge on any atom is 0.525 e. The number of aliphatic hydroxyl groups excluding tert-OH is 3. The van der Waals surface area contributed by atoms with Gasteiger partial charge in [0.05, 0.1) is 6.61 Å². The van der Waals surface area contributed by atoms with Gasteiger partial charge < -0.3 is 24.6 Å². The van der Waals surface area contributed by atoms with Crippen molar-refractivity contribution in [1.29, 1.82) is 0 Å². The topological polar surface area (TPSA) is 154 Å². The van der Waals surface area contributed by atoms with Crippen LogP contribution in [-0.4, -0.2) is 49.7 Å². The Kier molecular flexibility index (Phi) is 3.56. The van der Waals surface area contributed by atoms with E-state index in [0.29, 0.717) is 0 Å². The Labute approximate surface area is 88.8 Å². The molecule has 5 N–H and O–H groups in total. The van der Waals surface area contributed by atoms with Crippen molar-refractivity contribution in [3.05, 3.63) is 11.7 Å². The van der Waals surface area contributed by atoms with Crippen molar-refractivity contribution in [2.45, 2.75) is 12.2 Å². The van der Waals surface area contributed by atoms with E-state index in [-0.39, 0.29) is 0 Å². The molecule has 0 aromatic rings. The van der Waals surface area contributed by atoms with E-state index in [1.165, 1.54) is 0 Å². The number of aliphatic hydroxyl groups is 3. The van der Waals surface area contributed by atoms with Gasteiger partial charge in [0.2, 0.25) is 5.78 Å². The first-order valence-electron chi connectivity index (χ1n) is 3.94. The van der Waals surface area contributed by atoms with Crippen molar-refractivity contribution < 1.29 is 43.7 Å². The summed E-state index contributed by atoms with van der Waals surface area (Å²) < 4.78 is 18.7. The molecule has 0 radical (unpaired) electrons. The minimum absolute atomic E-state index is 0.827. The van der Waals surface area contributed by atoms with Crippen LogP contribution in [0.15, 0.2) is 11.7 Å². The summed E-state index contributed by atoms with van der Waals surface area (Å²) in [6.45, 7) is -0.827. The van der Waals surface area contributed by atoms with Crippen molar-refractivity contribution in [3.8, 4) is 0 Å². The molecule has 0 spiro atoms. The molecule has 16 heavy (non-hydrogen) atoms. The van der Waals surface area contributed by atoms with Gasteiger partial charge in [-0.15, -0.1) is 0 Å². The van der Waals surface area contributed by atoms with Gasteiger partial charge in [0.1, 0.15) is 6.10 Å². The first kappa shape index (κ1) is 12.9. The molecule has 1 heterocycles. The molecule has 0 bridgehead atoms. The monoisotopic (exact) mass is 256 g/mol. The van der Waals surface area contributed by atoms with Crippen LogP contribution >= 0.6 is 7.82 Å². The van der Waals surface area contributed by atoms with Crippen molar-refractivity contribution in [3.63, 3.8) is 0 Å². The molecule has 0 unspecified atom stereocenters. The standard InChI is InChI=1S/C6H9O9P/c7-1-2(8)4-3(9)5(6(10)14-4)15-16(11,12)13/h2,4,7-8,10H,1H2,(H2,11,12,13)/t2-,4+/m0/s1. The highest BCUT2D eigenvalue weighted by Crippen LogP contribution is 2.41. The third kappa shape index (κ3) is 2.71. The SMILES string of the molecule is O=C1C(OP(=O)(O)O)=C(O)O[C@@H]1[C@@H](O)CO. The van der Waals surface area contributed by atoms with Gasteiger partial charge in [0, 0.05) is 0 Å². The minimum atomic E-state index is -5.02. The maximum atomic E-state index is 11.3. The molecule has 0 saturated carbocycles. The van der Waals surface area contributed by atoms with Crippen LogP contribution in [0, 0.1) is 0 Å². The zero-order chi connectivity index (χ0) is 12.5. The number of carbonyl (C=O) groups excluding carboxylic acids is 1. The van der Waals surface area contributed by atoms with Gasteiger partial charge in [-0.3, -0.25) is 14.6 Å². The number of ether oxygens (including phenoxy) is 1. The molecular weight excluding hydrogens is 247 g/mol. The van der Waals surface area contributed by atoms with Crippen LogP contribution in [0.3, 0.4) is 0 Å². The second kappa shape index (κ2) is 4.40. The molecule has 0 aliphatic carbocycles. The molecule has 0 amide bonds. The summed E-state index contributed by atoms with van der Waals surface area (Å²) in [4.78, 5) is 28.2. The number of hydrogen-bond donors (Lipinski definition) is 5. The molecule has 0 aromatic heterocycles. The first-order chi connectivity index (χ1) is 7.26. The molecule has 1 aliphatic heterocycles. The van der Waals surface area contributed by atoms with Gasteiger partial charge in [-0.25, -0.2) is 4.57 Å². The van der Waals surface area contributed by atoms with Gasteiger partial charge in [-0.2, -0.15) is 0 Å². The van der Waals surface area contributed by atoms with Gasteiger partial charge in [-0.1, -0.05) is 0 Å². The fourth-order valence-corrected chi connectivity index (χ4v) is 1.42. The number of ketones is 1. The van der Waals surface area contributed by atoms with E-state index in [1.54, 1.807) is 0 Å². The smallest absolute Gasteiger partial charge is 0.478 e. The van der Waals surface area contributed by atoms with Crippen LogP contribution in [0.2, 0.25) is 0 Å². The fourth-order valence-electron chi connectivity index (χ4n) is 1.01. The van der Waals surface area contributed by atoms with E-state index < -0.39 is 44.1 Å². The van der Waals surface area contributed by atoms with Crippen LogP contribution < -0.4 is 0 Å². The fraction of sp³-hybridized carbons (Fsp3) is 0.500. The summed E-state index contributed by atoms with van der Waals surface area (Å²) in [6, 6.07) is 0. The molecule has 2 atom stereocenters. The van der Waals surface area contributed by atoms with Crippen LogP contribution in [-0.2, 0) is 18.6 Å². The Bertz CT molecular complexity index is 368. The summed E-state index contributed by atoms with van der Waals surface area (Å²) in [5, 5.41) is 26.6. The third-order valence-electron chi connectivity index (χ3n) is 1.66. The van der Waals surface area contributed by atoms with Crippen LogP contribution in [0.4, 0.5) is 0 Å². The van der Waals surface area contributed by atoms with Crippen molar-refractivity contribution in [2.24, 2.45) is 0 Å². The van der Waals surface area contributed by atoms with Gasteiger partial charge in [-0.05, 0) is 0 Å². The second-order valence-electron chi connectivity index (χ2n) is 2.87. The molecule has 1 aliphatic rings. The average molecular weight is 256 g/mol. The molecule has 0 aromatic carbocycles. The quantitative estimate of drug-likeness (QED) is 0.364. The second-order valence-corrected chi connectivity index (χ2v) is 4.03. The van der Waals surface area contributed by atoms with E-state index in [0.717, 1.165) is 0 Å². The van der Waals surface area contributed by atoms with E-state index >= 15 is 0 Å². The first-order valence-corrected chi connectivity index (χ1v) is 5.47. The summed E-state index contributed by atoms with van der Waals surface area (Å²) in [5.74, 6) is -3.39. The van der Waals surface area contributed by atoms with Crippen molar-refractivity contribution >= 4 is 13.6 Å². The Morgan fingerprint density at radius 2 is 2.06 bits per heavy atom. The lowest BCUT2D eigenvalue weighted by Crippen LogP contribution is -2.35. The van der Waals surface area contributed by atoms with Gasteiger partial charge in [0.15, 0.2) is 6.10 Å². The number of phosphoric acid groups is 1.